The minimum Gasteiger partial charge on any atom is -0.322 e. The molecule has 0 saturated heterocycles. The summed E-state index contributed by atoms with van der Waals surface area (Å²) >= 11 is 0. The van der Waals surface area contributed by atoms with Gasteiger partial charge in [0.15, 0.2) is 0 Å². The summed E-state index contributed by atoms with van der Waals surface area (Å²) in [6.07, 6.45) is 3.71. The summed E-state index contributed by atoms with van der Waals surface area (Å²) in [7, 11) is 0. The van der Waals surface area contributed by atoms with Crippen LogP contribution in [0.15, 0.2) is 36.7 Å². The van der Waals surface area contributed by atoms with Crippen LogP contribution in [0.3, 0.4) is 0 Å². The zero-order chi connectivity index (χ0) is 11.5. The van der Waals surface area contributed by atoms with Crippen molar-refractivity contribution in [1.29, 1.82) is 0 Å². The molecular formula is C13H17N3. The van der Waals surface area contributed by atoms with Crippen molar-refractivity contribution in [3.05, 3.63) is 53.3 Å². The molecule has 3 heteroatoms. The number of aryl methyl sites for hydroxylation is 2. The predicted molar refractivity (Wildman–Crippen MR) is 65.1 cm³/mol. The van der Waals surface area contributed by atoms with Gasteiger partial charge in [-0.3, -0.25) is 4.68 Å². The predicted octanol–water partition coefficient (Wildman–Crippen LogP) is 2.20. The van der Waals surface area contributed by atoms with Gasteiger partial charge in [0.1, 0.15) is 0 Å². The van der Waals surface area contributed by atoms with E-state index in [9.17, 15) is 0 Å². The molecule has 2 aromatic rings. The molecule has 1 heterocycles. The van der Waals surface area contributed by atoms with Crippen LogP contribution in [0.5, 0.6) is 0 Å². The molecule has 0 fully saturated rings. The lowest BCUT2D eigenvalue weighted by Gasteiger charge is -2.15. The van der Waals surface area contributed by atoms with Gasteiger partial charge in [-0.2, -0.15) is 5.10 Å². The molecule has 1 aromatic heterocycles. The van der Waals surface area contributed by atoms with Gasteiger partial charge in [0, 0.05) is 18.4 Å². The molecule has 84 valence electrons. The normalized spacial score (nSPS) is 12.7. The van der Waals surface area contributed by atoms with E-state index in [1.54, 1.807) is 6.20 Å². The molecule has 0 amide bonds. The molecule has 3 nitrogen and oxygen atoms in total. The van der Waals surface area contributed by atoms with Gasteiger partial charge in [0.05, 0.1) is 6.54 Å². The lowest BCUT2D eigenvalue weighted by molar-refractivity contribution is 0.526. The Labute approximate surface area is 95.9 Å². The first kappa shape index (κ1) is 10.9. The van der Waals surface area contributed by atoms with Crippen molar-refractivity contribution in [3.8, 4) is 0 Å². The van der Waals surface area contributed by atoms with E-state index in [0.29, 0.717) is 0 Å². The Balaban J connectivity index is 2.17. The number of nitrogens with two attached hydrogens (primary N) is 1. The minimum absolute atomic E-state index is 0.000463. The topological polar surface area (TPSA) is 43.8 Å². The Hall–Kier alpha value is -1.61. The van der Waals surface area contributed by atoms with E-state index in [4.69, 9.17) is 5.73 Å². The first-order chi connectivity index (χ1) is 7.66. The molecular weight excluding hydrogens is 198 g/mol. The molecule has 0 saturated carbocycles. The fourth-order valence-electron chi connectivity index (χ4n) is 1.95. The number of hydrogen-bond donors (Lipinski definition) is 1. The van der Waals surface area contributed by atoms with Gasteiger partial charge >= 0.3 is 0 Å². The van der Waals surface area contributed by atoms with E-state index >= 15 is 0 Å². The SMILES string of the molecule is Cc1ccc(C(N)Cn2cccn2)c(C)c1. The van der Waals surface area contributed by atoms with Crippen molar-refractivity contribution in [1.82, 2.24) is 9.78 Å². The van der Waals surface area contributed by atoms with Crippen LogP contribution >= 0.6 is 0 Å². The lowest BCUT2D eigenvalue weighted by atomic mass is 10.00. The molecule has 2 rings (SSSR count). The van der Waals surface area contributed by atoms with Gasteiger partial charge in [-0.05, 0) is 31.0 Å². The first-order valence-corrected chi connectivity index (χ1v) is 5.47. The van der Waals surface area contributed by atoms with E-state index in [1.165, 1.54) is 16.7 Å². The Morgan fingerprint density at radius 3 is 2.81 bits per heavy atom. The van der Waals surface area contributed by atoms with Crippen LogP contribution in [0.1, 0.15) is 22.7 Å². The molecule has 1 atom stereocenters. The van der Waals surface area contributed by atoms with E-state index in [2.05, 4.69) is 37.1 Å². The Morgan fingerprint density at radius 2 is 2.19 bits per heavy atom. The number of hydrogen-bond acceptors (Lipinski definition) is 2. The Kier molecular flexibility index (Phi) is 3.06. The zero-order valence-electron chi connectivity index (χ0n) is 9.72. The third kappa shape index (κ3) is 2.31. The van der Waals surface area contributed by atoms with Crippen LogP contribution in [0, 0.1) is 13.8 Å². The maximum Gasteiger partial charge on any atom is 0.0602 e. The van der Waals surface area contributed by atoms with E-state index in [-0.39, 0.29) is 6.04 Å². The van der Waals surface area contributed by atoms with Gasteiger partial charge in [0.2, 0.25) is 0 Å². The quantitative estimate of drug-likeness (QED) is 0.853. The summed E-state index contributed by atoms with van der Waals surface area (Å²) < 4.78 is 1.87. The maximum absolute atomic E-state index is 6.18. The van der Waals surface area contributed by atoms with E-state index in [1.807, 2.05) is 16.9 Å². The van der Waals surface area contributed by atoms with Gasteiger partial charge in [-0.1, -0.05) is 23.8 Å². The Bertz CT molecular complexity index is 460. The molecule has 0 aliphatic heterocycles. The first-order valence-electron chi connectivity index (χ1n) is 5.47. The van der Waals surface area contributed by atoms with Crippen molar-refractivity contribution < 1.29 is 0 Å². The van der Waals surface area contributed by atoms with Crippen LogP contribution in [0.4, 0.5) is 0 Å². The summed E-state index contributed by atoms with van der Waals surface area (Å²) in [6, 6.07) is 8.29. The van der Waals surface area contributed by atoms with Crippen molar-refractivity contribution in [2.45, 2.75) is 26.4 Å². The monoisotopic (exact) mass is 215 g/mol. The molecule has 0 aliphatic rings. The second kappa shape index (κ2) is 4.49. The lowest BCUT2D eigenvalue weighted by Crippen LogP contribution is -2.18. The molecule has 1 unspecified atom stereocenters. The summed E-state index contributed by atoms with van der Waals surface area (Å²) in [5, 5.41) is 4.17. The maximum atomic E-state index is 6.18. The molecule has 0 aliphatic carbocycles. The molecule has 0 spiro atoms. The van der Waals surface area contributed by atoms with Gasteiger partial charge < -0.3 is 5.73 Å². The fourth-order valence-corrected chi connectivity index (χ4v) is 1.95. The van der Waals surface area contributed by atoms with E-state index < -0.39 is 0 Å². The van der Waals surface area contributed by atoms with Gasteiger partial charge in [0.25, 0.3) is 0 Å². The fraction of sp³-hybridized carbons (Fsp3) is 0.308. The van der Waals surface area contributed by atoms with Crippen LogP contribution in [0.25, 0.3) is 0 Å². The average molecular weight is 215 g/mol. The van der Waals surface area contributed by atoms with E-state index in [0.717, 1.165) is 6.54 Å². The zero-order valence-corrected chi connectivity index (χ0v) is 9.72. The second-order valence-corrected chi connectivity index (χ2v) is 4.19. The number of aromatic nitrogens is 2. The minimum atomic E-state index is 0.000463. The highest BCUT2D eigenvalue weighted by Gasteiger charge is 2.09. The average Bonchev–Trinajstić information content (AvgIpc) is 2.70. The third-order valence-electron chi connectivity index (χ3n) is 2.77. The van der Waals surface area contributed by atoms with Gasteiger partial charge in [-0.25, -0.2) is 0 Å². The molecule has 0 radical (unpaired) electrons. The summed E-state index contributed by atoms with van der Waals surface area (Å²) in [6.45, 7) is 4.91. The molecule has 0 bridgehead atoms. The van der Waals surface area contributed by atoms with Crippen LogP contribution in [0.2, 0.25) is 0 Å². The van der Waals surface area contributed by atoms with Gasteiger partial charge in [-0.15, -0.1) is 0 Å². The van der Waals surface area contributed by atoms with Crippen molar-refractivity contribution >= 4 is 0 Å². The van der Waals surface area contributed by atoms with Crippen LogP contribution in [-0.4, -0.2) is 9.78 Å². The molecule has 2 N–H and O–H groups in total. The van der Waals surface area contributed by atoms with Crippen molar-refractivity contribution in [2.75, 3.05) is 0 Å². The summed E-state index contributed by atoms with van der Waals surface area (Å²) in [5.74, 6) is 0. The van der Waals surface area contributed by atoms with Crippen LogP contribution in [-0.2, 0) is 6.54 Å². The highest BCUT2D eigenvalue weighted by atomic mass is 15.3. The summed E-state index contributed by atoms with van der Waals surface area (Å²) in [5.41, 5.74) is 9.89. The second-order valence-electron chi connectivity index (χ2n) is 4.19. The summed E-state index contributed by atoms with van der Waals surface area (Å²) in [4.78, 5) is 0. The highest BCUT2D eigenvalue weighted by molar-refractivity contribution is 5.32. The Morgan fingerprint density at radius 1 is 1.38 bits per heavy atom. The smallest absolute Gasteiger partial charge is 0.0602 e. The third-order valence-corrected chi connectivity index (χ3v) is 2.77. The number of benzene rings is 1. The largest absolute Gasteiger partial charge is 0.322 e. The standard InChI is InChI=1S/C13H17N3/c1-10-4-5-12(11(2)8-10)13(14)9-16-7-3-6-15-16/h3-8,13H,9,14H2,1-2H3. The molecule has 16 heavy (non-hydrogen) atoms. The number of nitrogens with zero attached hydrogens (tertiary/aromatic N) is 2. The number of rotatable bonds is 3. The van der Waals surface area contributed by atoms with Crippen molar-refractivity contribution in [3.63, 3.8) is 0 Å². The van der Waals surface area contributed by atoms with Crippen molar-refractivity contribution in [2.24, 2.45) is 5.73 Å². The molecule has 1 aromatic carbocycles. The highest BCUT2D eigenvalue weighted by Crippen LogP contribution is 2.18. The van der Waals surface area contributed by atoms with Crippen LogP contribution < -0.4 is 5.73 Å².